The molecule has 1 aliphatic heterocycles. The van der Waals surface area contributed by atoms with Crippen LogP contribution in [0.1, 0.15) is 40.5 Å². The molecule has 3 rings (SSSR count). The molecule has 1 atom stereocenters. The normalized spacial score (nSPS) is 18.3. The third-order valence-electron chi connectivity index (χ3n) is 4.05. The largest absolute Gasteiger partial charge is 0.480 e. The number of piperidine rings is 1. The van der Waals surface area contributed by atoms with Crippen LogP contribution in [0.3, 0.4) is 0 Å². The standard InChI is InChI=1S/C16H20N4O2/c1-11-9-14(19-18-11)12-5-4-8-20(10-12)16(21)13-6-3-7-17-15(13)22-2/h3,6-7,9,12H,4-5,8,10H2,1-2H3,(H,18,19)/t12-/m1/s1. The zero-order chi connectivity index (χ0) is 15.5. The maximum absolute atomic E-state index is 12.7. The molecular formula is C16H20N4O2. The molecule has 0 radical (unpaired) electrons. The first kappa shape index (κ1) is 14.6. The van der Waals surface area contributed by atoms with Gasteiger partial charge in [-0.15, -0.1) is 0 Å². The van der Waals surface area contributed by atoms with E-state index in [9.17, 15) is 4.79 Å². The molecule has 6 heteroatoms. The Morgan fingerprint density at radius 2 is 2.36 bits per heavy atom. The Morgan fingerprint density at radius 3 is 3.09 bits per heavy atom. The minimum Gasteiger partial charge on any atom is -0.480 e. The predicted molar refractivity (Wildman–Crippen MR) is 82.0 cm³/mol. The number of hydrogen-bond donors (Lipinski definition) is 1. The molecule has 0 unspecified atom stereocenters. The minimum atomic E-state index is -0.0260. The molecule has 0 bridgehead atoms. The van der Waals surface area contributed by atoms with Crippen molar-refractivity contribution in [2.75, 3.05) is 20.2 Å². The summed E-state index contributed by atoms with van der Waals surface area (Å²) in [7, 11) is 1.53. The maximum atomic E-state index is 12.7. The first-order valence-electron chi connectivity index (χ1n) is 7.49. The van der Waals surface area contributed by atoms with E-state index in [1.807, 2.05) is 11.8 Å². The number of nitrogens with one attached hydrogen (secondary N) is 1. The summed E-state index contributed by atoms with van der Waals surface area (Å²) in [6, 6.07) is 5.58. The van der Waals surface area contributed by atoms with Crippen molar-refractivity contribution >= 4 is 5.91 Å². The number of amides is 1. The zero-order valence-electron chi connectivity index (χ0n) is 12.9. The predicted octanol–water partition coefficient (Wildman–Crippen LogP) is 2.14. The van der Waals surface area contributed by atoms with Gasteiger partial charge in [0.15, 0.2) is 0 Å². The van der Waals surface area contributed by atoms with Gasteiger partial charge in [0.2, 0.25) is 5.88 Å². The molecule has 0 saturated carbocycles. The van der Waals surface area contributed by atoms with Crippen molar-refractivity contribution in [2.45, 2.75) is 25.7 Å². The molecule has 0 aromatic carbocycles. The average Bonchev–Trinajstić information content (AvgIpc) is 3.01. The van der Waals surface area contributed by atoms with Crippen molar-refractivity contribution in [2.24, 2.45) is 0 Å². The van der Waals surface area contributed by atoms with E-state index in [-0.39, 0.29) is 11.8 Å². The number of hydrogen-bond acceptors (Lipinski definition) is 4. The number of likely N-dealkylation sites (tertiary alicyclic amines) is 1. The molecule has 1 fully saturated rings. The van der Waals surface area contributed by atoms with Crippen molar-refractivity contribution in [3.05, 3.63) is 41.3 Å². The number of rotatable bonds is 3. The molecular weight excluding hydrogens is 280 g/mol. The van der Waals surface area contributed by atoms with E-state index in [1.165, 1.54) is 7.11 Å². The Kier molecular flexibility index (Phi) is 4.09. The summed E-state index contributed by atoms with van der Waals surface area (Å²) >= 11 is 0. The number of pyridine rings is 1. The third-order valence-corrected chi connectivity index (χ3v) is 4.05. The van der Waals surface area contributed by atoms with Gasteiger partial charge in [0.1, 0.15) is 5.56 Å². The molecule has 0 spiro atoms. The number of carbonyl (C=O) groups is 1. The Bertz CT molecular complexity index is 668. The summed E-state index contributed by atoms with van der Waals surface area (Å²) in [5.74, 6) is 0.637. The van der Waals surface area contributed by atoms with Crippen LogP contribution in [0.25, 0.3) is 0 Å². The van der Waals surface area contributed by atoms with Crippen molar-refractivity contribution in [1.29, 1.82) is 0 Å². The summed E-state index contributed by atoms with van der Waals surface area (Å²) < 4.78 is 5.20. The molecule has 3 heterocycles. The lowest BCUT2D eigenvalue weighted by molar-refractivity contribution is 0.0701. The molecule has 22 heavy (non-hydrogen) atoms. The van der Waals surface area contributed by atoms with E-state index < -0.39 is 0 Å². The van der Waals surface area contributed by atoms with Gasteiger partial charge in [0, 0.05) is 30.9 Å². The van der Waals surface area contributed by atoms with Gasteiger partial charge < -0.3 is 9.64 Å². The quantitative estimate of drug-likeness (QED) is 0.942. The van der Waals surface area contributed by atoms with Gasteiger partial charge in [-0.25, -0.2) is 4.98 Å². The highest BCUT2D eigenvalue weighted by Crippen LogP contribution is 2.28. The van der Waals surface area contributed by atoms with Gasteiger partial charge in [-0.05, 0) is 38.0 Å². The first-order chi connectivity index (χ1) is 10.7. The third kappa shape index (κ3) is 2.81. The molecule has 6 nitrogen and oxygen atoms in total. The molecule has 2 aromatic heterocycles. The van der Waals surface area contributed by atoms with Gasteiger partial charge >= 0.3 is 0 Å². The molecule has 2 aromatic rings. The number of carbonyl (C=O) groups excluding carboxylic acids is 1. The Morgan fingerprint density at radius 1 is 1.50 bits per heavy atom. The van der Waals surface area contributed by atoms with E-state index in [0.717, 1.165) is 30.8 Å². The summed E-state index contributed by atoms with van der Waals surface area (Å²) in [4.78, 5) is 18.7. The number of nitrogens with zero attached hydrogens (tertiary/aromatic N) is 3. The van der Waals surface area contributed by atoms with Crippen LogP contribution < -0.4 is 4.74 Å². The highest BCUT2D eigenvalue weighted by atomic mass is 16.5. The smallest absolute Gasteiger partial charge is 0.259 e. The van der Waals surface area contributed by atoms with Gasteiger partial charge in [-0.3, -0.25) is 9.89 Å². The Labute approximate surface area is 129 Å². The lowest BCUT2D eigenvalue weighted by atomic mass is 9.94. The number of aryl methyl sites for hydroxylation is 1. The highest BCUT2D eigenvalue weighted by Gasteiger charge is 2.28. The SMILES string of the molecule is COc1ncccc1C(=O)N1CCC[C@@H](c2cc(C)[nH]n2)C1. The summed E-state index contributed by atoms with van der Waals surface area (Å²) in [6.07, 6.45) is 3.66. The molecule has 0 aliphatic carbocycles. The van der Waals surface area contributed by atoms with E-state index in [0.29, 0.717) is 18.0 Å². The highest BCUT2D eigenvalue weighted by molar-refractivity contribution is 5.96. The second kappa shape index (κ2) is 6.17. The second-order valence-electron chi connectivity index (χ2n) is 5.63. The molecule has 1 saturated heterocycles. The lowest BCUT2D eigenvalue weighted by Gasteiger charge is -2.32. The topological polar surface area (TPSA) is 71.1 Å². The number of aromatic nitrogens is 3. The average molecular weight is 300 g/mol. The fourth-order valence-electron chi connectivity index (χ4n) is 2.94. The summed E-state index contributed by atoms with van der Waals surface area (Å²) in [6.45, 7) is 3.43. The molecule has 1 aliphatic rings. The summed E-state index contributed by atoms with van der Waals surface area (Å²) in [5, 5.41) is 7.32. The number of ether oxygens (including phenoxy) is 1. The Hall–Kier alpha value is -2.37. The van der Waals surface area contributed by atoms with Crippen molar-refractivity contribution in [3.63, 3.8) is 0 Å². The van der Waals surface area contributed by atoms with E-state index >= 15 is 0 Å². The van der Waals surface area contributed by atoms with Gasteiger partial charge in [-0.2, -0.15) is 5.10 Å². The van der Waals surface area contributed by atoms with Crippen LogP contribution in [0.4, 0.5) is 0 Å². The van der Waals surface area contributed by atoms with Crippen molar-refractivity contribution in [3.8, 4) is 5.88 Å². The lowest BCUT2D eigenvalue weighted by Crippen LogP contribution is -2.39. The van der Waals surface area contributed by atoms with Gasteiger partial charge in [0.05, 0.1) is 12.8 Å². The van der Waals surface area contributed by atoms with Gasteiger partial charge in [0.25, 0.3) is 5.91 Å². The van der Waals surface area contributed by atoms with Crippen LogP contribution in [0.15, 0.2) is 24.4 Å². The second-order valence-corrected chi connectivity index (χ2v) is 5.63. The first-order valence-corrected chi connectivity index (χ1v) is 7.49. The molecule has 1 amide bonds. The number of H-pyrrole nitrogens is 1. The molecule has 1 N–H and O–H groups in total. The monoisotopic (exact) mass is 300 g/mol. The fraction of sp³-hybridized carbons (Fsp3) is 0.438. The number of aromatic amines is 1. The van der Waals surface area contributed by atoms with Crippen LogP contribution in [-0.4, -0.2) is 46.2 Å². The number of methoxy groups -OCH3 is 1. The fourth-order valence-corrected chi connectivity index (χ4v) is 2.94. The van der Waals surface area contributed by atoms with Crippen LogP contribution in [0.2, 0.25) is 0 Å². The Balaban J connectivity index is 1.78. The van der Waals surface area contributed by atoms with Crippen LogP contribution in [0, 0.1) is 6.92 Å². The molecule has 116 valence electrons. The van der Waals surface area contributed by atoms with E-state index in [2.05, 4.69) is 21.2 Å². The van der Waals surface area contributed by atoms with Crippen LogP contribution in [-0.2, 0) is 0 Å². The van der Waals surface area contributed by atoms with Crippen molar-refractivity contribution in [1.82, 2.24) is 20.1 Å². The maximum Gasteiger partial charge on any atom is 0.259 e. The van der Waals surface area contributed by atoms with E-state index in [4.69, 9.17) is 4.74 Å². The minimum absolute atomic E-state index is 0.0260. The van der Waals surface area contributed by atoms with Crippen molar-refractivity contribution < 1.29 is 9.53 Å². The van der Waals surface area contributed by atoms with E-state index in [1.54, 1.807) is 18.3 Å². The zero-order valence-corrected chi connectivity index (χ0v) is 12.9. The summed E-state index contributed by atoms with van der Waals surface area (Å²) in [5.41, 5.74) is 2.60. The van der Waals surface area contributed by atoms with Crippen LogP contribution >= 0.6 is 0 Å². The van der Waals surface area contributed by atoms with Gasteiger partial charge in [-0.1, -0.05) is 0 Å². The van der Waals surface area contributed by atoms with Crippen LogP contribution in [0.5, 0.6) is 5.88 Å².